The number of halogens is 1. The number of phenols is 2. The van der Waals surface area contributed by atoms with Gasteiger partial charge in [-0.3, -0.25) is 19.3 Å². The second kappa shape index (κ2) is 14.0. The number of carbonyl (C=O) groups excluding carboxylic acids is 3. The highest BCUT2D eigenvalue weighted by Gasteiger charge is 2.58. The standard InChI is InChI=1S/C35H40FN5O10S2/c1-15-21(13-41(4)18-5-6-19(41)8-16(7-18)9-24(42)17-10-22(36)29(45)26(44)11-17)28(32(47)48)40-30(46)20(31(40)53-15)12-25(43)27(23-14-52-34(37)38-23)39-51-35(2,3)33(49)50/h10-11,14-16,18-20,31H,5-9,12-13H2,1-4H3,(H5-,37,38,39,42,43,44,45,47,48,49,50)/p+1/t15-,16?,18-,19+,20+,31+,41?/m0/s1. The topological polar surface area (TPSA) is 230 Å². The number of β-lactam (4-membered cyclic amide) rings is 1. The molecule has 7 atom stereocenters. The molecule has 2 bridgehead atoms. The summed E-state index contributed by atoms with van der Waals surface area (Å²) in [4.78, 5) is 75.4. The molecule has 3 saturated heterocycles. The van der Waals surface area contributed by atoms with E-state index in [1.807, 2.05) is 6.92 Å². The van der Waals surface area contributed by atoms with Gasteiger partial charge >= 0.3 is 11.9 Å². The number of phenolic OH excluding ortho intramolecular Hbond substituents is 2. The lowest BCUT2D eigenvalue weighted by molar-refractivity contribution is -0.945. The summed E-state index contributed by atoms with van der Waals surface area (Å²) >= 11 is 2.44. The molecule has 53 heavy (non-hydrogen) atoms. The van der Waals surface area contributed by atoms with Crippen molar-refractivity contribution in [3.8, 4) is 11.5 Å². The summed E-state index contributed by atoms with van der Waals surface area (Å²) in [6.45, 7) is 4.78. The molecular weight excluding hydrogens is 734 g/mol. The van der Waals surface area contributed by atoms with Crippen molar-refractivity contribution in [2.45, 2.75) is 87.6 Å². The maximum absolute atomic E-state index is 14.0. The van der Waals surface area contributed by atoms with E-state index in [0.29, 0.717) is 29.4 Å². The molecule has 4 aliphatic heterocycles. The Morgan fingerprint density at radius 3 is 2.36 bits per heavy atom. The van der Waals surface area contributed by atoms with Crippen LogP contribution in [-0.2, 0) is 24.0 Å². The number of thioether (sulfide) groups is 1. The van der Waals surface area contributed by atoms with Gasteiger partial charge in [0.2, 0.25) is 11.5 Å². The van der Waals surface area contributed by atoms with E-state index in [9.17, 15) is 48.8 Å². The summed E-state index contributed by atoms with van der Waals surface area (Å²) in [7, 11) is 2.09. The Hall–Kier alpha value is -4.55. The fraction of sp³-hybridized carbons (Fsp3) is 0.514. The van der Waals surface area contributed by atoms with Gasteiger partial charge in [-0.15, -0.1) is 23.1 Å². The normalized spacial score (nSPS) is 28.4. The number of nitrogens with two attached hydrogens (primary N) is 1. The van der Waals surface area contributed by atoms with Gasteiger partial charge in [0.25, 0.3) is 0 Å². The van der Waals surface area contributed by atoms with Gasteiger partial charge in [0.1, 0.15) is 17.9 Å². The molecule has 4 aliphatic rings. The van der Waals surface area contributed by atoms with E-state index in [0.717, 1.165) is 36.3 Å². The van der Waals surface area contributed by atoms with Crippen molar-refractivity contribution >= 4 is 63.4 Å². The number of rotatable bonds is 13. The van der Waals surface area contributed by atoms with Crippen LogP contribution in [0, 0.1) is 17.7 Å². The lowest BCUT2D eigenvalue weighted by atomic mass is 9.83. The number of Topliss-reactive ketones (excluding diaryl/α,β-unsaturated/α-hetero) is 2. The summed E-state index contributed by atoms with van der Waals surface area (Å²) in [5.41, 5.74) is 4.27. The molecule has 18 heteroatoms. The first-order valence-corrected chi connectivity index (χ1v) is 18.9. The van der Waals surface area contributed by atoms with Gasteiger partial charge in [-0.25, -0.2) is 19.0 Å². The summed E-state index contributed by atoms with van der Waals surface area (Å²) < 4.78 is 14.6. The van der Waals surface area contributed by atoms with Gasteiger partial charge in [-0.2, -0.15) is 0 Å². The number of fused-ring (bicyclic) bond motifs is 3. The third kappa shape index (κ3) is 6.99. The lowest BCUT2D eigenvalue weighted by Gasteiger charge is -2.53. The molecule has 0 radical (unpaired) electrons. The molecule has 3 fully saturated rings. The third-order valence-electron chi connectivity index (χ3n) is 11.1. The van der Waals surface area contributed by atoms with E-state index >= 15 is 0 Å². The van der Waals surface area contributed by atoms with Crippen LogP contribution < -0.4 is 5.73 Å². The van der Waals surface area contributed by atoms with Crippen LogP contribution in [0.2, 0.25) is 0 Å². The molecule has 284 valence electrons. The molecule has 0 saturated carbocycles. The van der Waals surface area contributed by atoms with E-state index in [-0.39, 0.29) is 69.7 Å². The Balaban J connectivity index is 1.18. The fourth-order valence-electron chi connectivity index (χ4n) is 8.09. The van der Waals surface area contributed by atoms with Gasteiger partial charge in [-0.1, -0.05) is 5.16 Å². The second-order valence-electron chi connectivity index (χ2n) is 14.9. The van der Waals surface area contributed by atoms with Gasteiger partial charge < -0.3 is 35.5 Å². The van der Waals surface area contributed by atoms with Crippen LogP contribution in [-0.4, -0.2) is 112 Å². The van der Waals surface area contributed by atoms with Crippen molar-refractivity contribution in [3.63, 3.8) is 0 Å². The smallest absolute Gasteiger partial charge is 0.352 e. The van der Waals surface area contributed by atoms with Gasteiger partial charge in [0, 0.05) is 60.3 Å². The number of aliphatic carboxylic acids is 2. The van der Waals surface area contributed by atoms with Crippen LogP contribution in [0.3, 0.4) is 0 Å². The highest BCUT2D eigenvalue weighted by Crippen LogP contribution is 2.51. The van der Waals surface area contributed by atoms with Crippen molar-refractivity contribution in [1.82, 2.24) is 9.88 Å². The fourth-order valence-corrected chi connectivity index (χ4v) is 10.1. The number of hydrogen-bond acceptors (Lipinski definition) is 13. The van der Waals surface area contributed by atoms with E-state index in [1.54, 1.807) is 0 Å². The zero-order chi connectivity index (χ0) is 38.7. The molecule has 6 rings (SSSR count). The zero-order valence-electron chi connectivity index (χ0n) is 29.4. The van der Waals surface area contributed by atoms with Crippen LogP contribution >= 0.6 is 23.1 Å². The van der Waals surface area contributed by atoms with Gasteiger partial charge in [-0.05, 0) is 38.8 Å². The Morgan fingerprint density at radius 1 is 1.13 bits per heavy atom. The number of nitrogen functional groups attached to an aromatic ring is 1. The minimum absolute atomic E-state index is 0.00864. The van der Waals surface area contributed by atoms with Crippen LogP contribution in [0.4, 0.5) is 9.52 Å². The highest BCUT2D eigenvalue weighted by atomic mass is 32.2. The highest BCUT2D eigenvalue weighted by molar-refractivity contribution is 8.00. The van der Waals surface area contributed by atoms with Crippen LogP contribution in [0.25, 0.3) is 0 Å². The molecular formula is C35H41FN5O10S2+. The Bertz CT molecular complexity index is 1930. The number of benzene rings is 1. The minimum atomic E-state index is -1.77. The maximum Gasteiger partial charge on any atom is 0.352 e. The van der Waals surface area contributed by atoms with E-state index < -0.39 is 57.8 Å². The molecule has 1 aromatic heterocycles. The number of likely N-dealkylation sites (N-methyl/N-ethyl adjacent to an activating group) is 1. The molecule has 15 nitrogen and oxygen atoms in total. The maximum atomic E-state index is 14.0. The number of nitrogens with zero attached hydrogens (tertiary/aromatic N) is 4. The number of anilines is 1. The number of quaternary nitrogens is 1. The van der Waals surface area contributed by atoms with Crippen LogP contribution in [0.15, 0.2) is 33.9 Å². The largest absolute Gasteiger partial charge is 0.504 e. The van der Waals surface area contributed by atoms with Crippen molar-refractivity contribution in [3.05, 3.63) is 45.9 Å². The Morgan fingerprint density at radius 2 is 1.79 bits per heavy atom. The first-order chi connectivity index (χ1) is 24.8. The van der Waals surface area contributed by atoms with E-state index in [4.69, 9.17) is 10.6 Å². The molecule has 6 N–H and O–H groups in total. The quantitative estimate of drug-likeness (QED) is 0.0489. The third-order valence-corrected chi connectivity index (χ3v) is 13.3. The molecule has 1 aromatic carbocycles. The van der Waals surface area contributed by atoms with Crippen molar-refractivity contribution in [1.29, 1.82) is 0 Å². The lowest BCUT2D eigenvalue weighted by Crippen LogP contribution is -2.64. The number of thiazole rings is 1. The summed E-state index contributed by atoms with van der Waals surface area (Å²) in [6.07, 6.45) is 2.90. The Kier molecular flexibility index (Phi) is 10.1. The predicted molar refractivity (Wildman–Crippen MR) is 191 cm³/mol. The van der Waals surface area contributed by atoms with Gasteiger partial charge in [0.05, 0.1) is 30.4 Å². The monoisotopic (exact) mass is 774 g/mol. The number of aromatic hydroxyl groups is 2. The Labute approximate surface area is 311 Å². The van der Waals surface area contributed by atoms with Crippen LogP contribution in [0.5, 0.6) is 11.5 Å². The first kappa shape index (κ1) is 38.2. The summed E-state index contributed by atoms with van der Waals surface area (Å²) in [5, 5.41) is 43.8. The zero-order valence-corrected chi connectivity index (χ0v) is 31.1. The minimum Gasteiger partial charge on any atom is -0.504 e. The number of carboxylic acid groups (broad SMARTS) is 2. The molecule has 2 unspecified atom stereocenters. The SMILES string of the molecule is C[C@@H]1S[C@@H]2[C@H](CC(=O)/C(=N\OC(C)(C)C(=O)O)c3csc(N)n3)C(=O)N2C(C(=O)O)=C1C[N+]1(C)[C@@H]2CC[C@H]1CC(CC(=O)c1cc(O)c(O)c(F)c1)C2. The molecule has 5 heterocycles. The number of aromatic nitrogens is 1. The van der Waals surface area contributed by atoms with E-state index in [2.05, 4.69) is 17.2 Å². The molecule has 0 spiro atoms. The van der Waals surface area contributed by atoms with Crippen molar-refractivity contribution in [2.75, 3.05) is 19.3 Å². The average Bonchev–Trinajstić information content (AvgIpc) is 3.55. The number of oxime groups is 1. The van der Waals surface area contributed by atoms with Crippen molar-refractivity contribution < 1.29 is 58.1 Å². The number of piperidine rings is 1. The number of ketones is 2. The summed E-state index contributed by atoms with van der Waals surface area (Å²) in [5.74, 6) is -7.64. The average molecular weight is 775 g/mol. The van der Waals surface area contributed by atoms with Crippen molar-refractivity contribution in [2.24, 2.45) is 17.0 Å². The second-order valence-corrected chi connectivity index (χ2v) is 17.2. The molecule has 2 aromatic rings. The van der Waals surface area contributed by atoms with Gasteiger partial charge in [0.15, 0.2) is 39.7 Å². The number of carbonyl (C=O) groups is 5. The number of carboxylic acids is 2. The van der Waals surface area contributed by atoms with Crippen LogP contribution in [0.1, 0.15) is 75.3 Å². The number of amides is 1. The van der Waals surface area contributed by atoms with E-state index in [1.165, 1.54) is 35.9 Å². The number of hydrogen-bond donors (Lipinski definition) is 5. The molecule has 1 amide bonds. The summed E-state index contributed by atoms with van der Waals surface area (Å²) in [6, 6.07) is 2.20. The predicted octanol–water partition coefficient (Wildman–Crippen LogP) is 3.74. The first-order valence-electron chi connectivity index (χ1n) is 17.1. The molecule has 0 aliphatic carbocycles.